The second-order valence-corrected chi connectivity index (χ2v) is 4.29. The Balaban J connectivity index is 2.21. The Bertz CT molecular complexity index is 250. The molecule has 1 saturated carbocycles. The third-order valence-corrected chi connectivity index (χ3v) is 2.94. The van der Waals surface area contributed by atoms with E-state index in [4.69, 9.17) is 0 Å². The zero-order valence-corrected chi connectivity index (χ0v) is 8.14. The van der Waals surface area contributed by atoms with Crippen LogP contribution in [0.15, 0.2) is 28.7 Å². The Labute approximate surface area is 75.8 Å². The van der Waals surface area contributed by atoms with Gasteiger partial charge in [-0.05, 0) is 36.0 Å². The van der Waals surface area contributed by atoms with Crippen LogP contribution in [0.2, 0.25) is 0 Å². The summed E-state index contributed by atoms with van der Waals surface area (Å²) < 4.78 is 1.18. The molecule has 1 heteroatoms. The van der Waals surface area contributed by atoms with Crippen molar-refractivity contribution in [3.05, 3.63) is 34.3 Å². The Morgan fingerprint density at radius 2 is 1.82 bits per heavy atom. The van der Waals surface area contributed by atoms with Crippen LogP contribution in [0, 0.1) is 5.92 Å². The molecule has 1 aliphatic rings. The number of halogens is 1. The number of rotatable bonds is 1. The van der Waals surface area contributed by atoms with Gasteiger partial charge in [-0.2, -0.15) is 0 Å². The monoisotopic (exact) mass is 210 g/mol. The van der Waals surface area contributed by atoms with Gasteiger partial charge in [0.15, 0.2) is 0 Å². The molecule has 2 atom stereocenters. The first-order valence-electron chi connectivity index (χ1n) is 4.03. The van der Waals surface area contributed by atoms with Crippen molar-refractivity contribution in [2.75, 3.05) is 0 Å². The average Bonchev–Trinajstić information content (AvgIpc) is 2.69. The van der Waals surface area contributed by atoms with Gasteiger partial charge in [0.05, 0.1) is 0 Å². The van der Waals surface area contributed by atoms with Crippen LogP contribution in [0.25, 0.3) is 0 Å². The molecule has 0 radical (unpaired) electrons. The first-order valence-corrected chi connectivity index (χ1v) is 4.82. The highest BCUT2D eigenvalue weighted by molar-refractivity contribution is 9.10. The molecular weight excluding hydrogens is 200 g/mol. The highest BCUT2D eigenvalue weighted by Gasteiger charge is 2.33. The van der Waals surface area contributed by atoms with Crippen LogP contribution in [0.1, 0.15) is 24.8 Å². The Morgan fingerprint density at radius 1 is 1.27 bits per heavy atom. The molecule has 0 nitrogen and oxygen atoms in total. The minimum atomic E-state index is 0.850. The van der Waals surface area contributed by atoms with Crippen LogP contribution in [-0.4, -0.2) is 0 Å². The summed E-state index contributed by atoms with van der Waals surface area (Å²) in [7, 11) is 0. The molecule has 0 amide bonds. The van der Waals surface area contributed by atoms with Crippen LogP contribution in [-0.2, 0) is 0 Å². The van der Waals surface area contributed by atoms with Gasteiger partial charge in [-0.25, -0.2) is 0 Å². The summed E-state index contributed by atoms with van der Waals surface area (Å²) in [6.07, 6.45) is 1.38. The van der Waals surface area contributed by atoms with Crippen molar-refractivity contribution in [3.8, 4) is 0 Å². The second-order valence-electron chi connectivity index (χ2n) is 3.37. The minimum absolute atomic E-state index is 0.850. The first kappa shape index (κ1) is 7.35. The summed E-state index contributed by atoms with van der Waals surface area (Å²) in [6, 6.07) is 8.69. The molecule has 1 aliphatic carbocycles. The largest absolute Gasteiger partial charge is 0.0619 e. The van der Waals surface area contributed by atoms with E-state index in [-0.39, 0.29) is 0 Å². The van der Waals surface area contributed by atoms with Crippen molar-refractivity contribution in [1.82, 2.24) is 0 Å². The van der Waals surface area contributed by atoms with Crippen LogP contribution in [0.4, 0.5) is 0 Å². The van der Waals surface area contributed by atoms with Crippen molar-refractivity contribution in [1.29, 1.82) is 0 Å². The van der Waals surface area contributed by atoms with Crippen LogP contribution < -0.4 is 0 Å². The number of benzene rings is 1. The first-order chi connectivity index (χ1) is 5.27. The second kappa shape index (κ2) is 2.63. The van der Waals surface area contributed by atoms with Crippen molar-refractivity contribution < 1.29 is 0 Å². The quantitative estimate of drug-likeness (QED) is 0.666. The molecule has 11 heavy (non-hydrogen) atoms. The topological polar surface area (TPSA) is 0 Å². The number of hydrogen-bond acceptors (Lipinski definition) is 0. The van der Waals surface area contributed by atoms with Gasteiger partial charge in [0.25, 0.3) is 0 Å². The summed E-state index contributed by atoms with van der Waals surface area (Å²) in [5, 5.41) is 0. The normalized spacial score (nSPS) is 28.5. The summed E-state index contributed by atoms with van der Waals surface area (Å²) in [5.41, 5.74) is 1.50. The van der Waals surface area contributed by atoms with Crippen molar-refractivity contribution in [2.24, 2.45) is 5.92 Å². The summed E-state index contributed by atoms with van der Waals surface area (Å²) in [6.45, 7) is 2.31. The van der Waals surface area contributed by atoms with E-state index in [9.17, 15) is 0 Å². The standard InChI is InChI=1S/C10H11Br/c1-7-6-10(7)8-2-4-9(11)5-3-8/h2-5,7,10H,6H2,1H3/t7-,10-/m1/s1. The highest BCUT2D eigenvalue weighted by atomic mass is 79.9. The van der Waals surface area contributed by atoms with E-state index in [1.807, 2.05) is 0 Å². The molecule has 1 aromatic rings. The van der Waals surface area contributed by atoms with Crippen LogP contribution in [0.3, 0.4) is 0 Å². The molecule has 0 aliphatic heterocycles. The summed E-state index contributed by atoms with van der Waals surface area (Å²) in [4.78, 5) is 0. The Hall–Kier alpha value is -0.300. The van der Waals surface area contributed by atoms with E-state index in [1.165, 1.54) is 16.5 Å². The molecule has 0 N–H and O–H groups in total. The van der Waals surface area contributed by atoms with Crippen LogP contribution >= 0.6 is 15.9 Å². The van der Waals surface area contributed by atoms with E-state index in [0.717, 1.165) is 11.8 Å². The fourth-order valence-electron chi connectivity index (χ4n) is 1.50. The third kappa shape index (κ3) is 1.48. The predicted octanol–water partition coefficient (Wildman–Crippen LogP) is 3.57. The lowest BCUT2D eigenvalue weighted by Gasteiger charge is -1.97. The third-order valence-electron chi connectivity index (χ3n) is 2.41. The van der Waals surface area contributed by atoms with Crippen molar-refractivity contribution in [3.63, 3.8) is 0 Å². The molecule has 0 spiro atoms. The van der Waals surface area contributed by atoms with Gasteiger partial charge in [-0.3, -0.25) is 0 Å². The highest BCUT2D eigenvalue weighted by Crippen LogP contribution is 2.46. The smallest absolute Gasteiger partial charge is 0.0175 e. The molecule has 0 aromatic heterocycles. The van der Waals surface area contributed by atoms with E-state index >= 15 is 0 Å². The molecule has 0 saturated heterocycles. The SMILES string of the molecule is C[C@@H]1C[C@H]1c1ccc(Br)cc1. The predicted molar refractivity (Wildman–Crippen MR) is 50.7 cm³/mol. The maximum Gasteiger partial charge on any atom is 0.0175 e. The van der Waals surface area contributed by atoms with Gasteiger partial charge in [0.2, 0.25) is 0 Å². The van der Waals surface area contributed by atoms with Gasteiger partial charge in [-0.1, -0.05) is 35.0 Å². The zero-order valence-electron chi connectivity index (χ0n) is 6.55. The molecule has 2 rings (SSSR count). The lowest BCUT2D eigenvalue weighted by Crippen LogP contribution is -1.78. The Kier molecular flexibility index (Phi) is 1.76. The number of hydrogen-bond donors (Lipinski definition) is 0. The molecule has 0 heterocycles. The molecular formula is C10H11Br. The van der Waals surface area contributed by atoms with Crippen LogP contribution in [0.5, 0.6) is 0 Å². The summed E-state index contributed by atoms with van der Waals surface area (Å²) in [5.74, 6) is 1.76. The molecule has 58 valence electrons. The molecule has 1 fully saturated rings. The maximum absolute atomic E-state index is 3.43. The van der Waals surface area contributed by atoms with Gasteiger partial charge < -0.3 is 0 Å². The van der Waals surface area contributed by atoms with Gasteiger partial charge in [0, 0.05) is 4.47 Å². The fraction of sp³-hybridized carbons (Fsp3) is 0.400. The van der Waals surface area contributed by atoms with E-state index in [2.05, 4.69) is 47.1 Å². The van der Waals surface area contributed by atoms with Gasteiger partial charge in [0.1, 0.15) is 0 Å². The van der Waals surface area contributed by atoms with Crippen molar-refractivity contribution >= 4 is 15.9 Å². The van der Waals surface area contributed by atoms with E-state index < -0.39 is 0 Å². The Morgan fingerprint density at radius 3 is 2.27 bits per heavy atom. The van der Waals surface area contributed by atoms with Gasteiger partial charge in [-0.15, -0.1) is 0 Å². The van der Waals surface area contributed by atoms with Gasteiger partial charge >= 0.3 is 0 Å². The summed E-state index contributed by atoms with van der Waals surface area (Å²) >= 11 is 3.43. The molecule has 0 unspecified atom stereocenters. The van der Waals surface area contributed by atoms with Crippen molar-refractivity contribution in [2.45, 2.75) is 19.3 Å². The minimum Gasteiger partial charge on any atom is -0.0619 e. The molecule has 0 bridgehead atoms. The lowest BCUT2D eigenvalue weighted by atomic mass is 10.1. The fourth-order valence-corrected chi connectivity index (χ4v) is 1.76. The lowest BCUT2D eigenvalue weighted by molar-refractivity contribution is 0.914. The maximum atomic E-state index is 3.43. The molecule has 1 aromatic carbocycles. The van der Waals surface area contributed by atoms with E-state index in [0.29, 0.717) is 0 Å². The average molecular weight is 211 g/mol. The zero-order chi connectivity index (χ0) is 7.84. The van der Waals surface area contributed by atoms with E-state index in [1.54, 1.807) is 0 Å².